The molecule has 0 aromatic rings. The summed E-state index contributed by atoms with van der Waals surface area (Å²) in [6.45, 7) is 1.84. The monoisotopic (exact) mass is 566 g/mol. The summed E-state index contributed by atoms with van der Waals surface area (Å²) in [6, 6.07) is 0. The minimum atomic E-state index is -8.05. The molecule has 0 unspecified atom stereocenters. The topological polar surface area (TPSA) is 44.8 Å². The van der Waals surface area contributed by atoms with Crippen LogP contribution in [0.5, 0.6) is 0 Å². The second-order valence-electron chi connectivity index (χ2n) is 7.63. The Labute approximate surface area is 182 Å². The van der Waals surface area contributed by atoms with Gasteiger partial charge in [0.2, 0.25) is 0 Å². The summed E-state index contributed by atoms with van der Waals surface area (Å²) in [5.74, 6) is -26.4. The number of halogens is 17. The Morgan fingerprint density at radius 2 is 0.971 bits per heavy atom. The maximum Gasteiger partial charge on any atom is 0.462 e. The molecule has 0 radical (unpaired) electrons. The second kappa shape index (κ2) is 8.94. The predicted octanol–water partition coefficient (Wildman–Crippen LogP) is 6.45. The van der Waals surface area contributed by atoms with Gasteiger partial charge in [-0.2, -0.15) is 74.6 Å². The molecule has 4 nitrogen and oxygen atoms in total. The number of rotatable bonds is 8. The van der Waals surface area contributed by atoms with E-state index in [0.717, 1.165) is 20.8 Å². The third-order valence-electron chi connectivity index (χ3n) is 3.26. The summed E-state index contributed by atoms with van der Waals surface area (Å²) in [7, 11) is 0. The summed E-state index contributed by atoms with van der Waals surface area (Å²) < 4.78 is 227. The van der Waals surface area contributed by atoms with E-state index in [-0.39, 0.29) is 0 Å². The minimum absolute atomic E-state index is 1.05. The minimum Gasteiger partial charge on any atom is -0.461 e. The van der Waals surface area contributed by atoms with Crippen LogP contribution in [-0.4, -0.2) is 61.0 Å². The molecule has 0 aromatic heterocycles. The van der Waals surface area contributed by atoms with E-state index in [1.54, 1.807) is 0 Å². The van der Waals surface area contributed by atoms with Gasteiger partial charge in [-0.25, -0.2) is 4.79 Å². The summed E-state index contributed by atoms with van der Waals surface area (Å²) in [5.41, 5.74) is -1.39. The van der Waals surface area contributed by atoms with E-state index in [4.69, 9.17) is 0 Å². The summed E-state index contributed by atoms with van der Waals surface area (Å²) in [5, 5.41) is 0. The largest absolute Gasteiger partial charge is 0.462 e. The van der Waals surface area contributed by atoms with E-state index in [1.807, 2.05) is 4.74 Å². The molecule has 0 saturated carbocycles. The Bertz CT molecular complexity index is 763. The number of carbonyl (C=O) groups is 1. The lowest BCUT2D eigenvalue weighted by atomic mass is 9.99. The molecule has 0 aliphatic heterocycles. The van der Waals surface area contributed by atoms with Crippen LogP contribution in [0, 0.1) is 5.41 Å². The molecule has 0 bridgehead atoms. The van der Waals surface area contributed by atoms with Crippen LogP contribution < -0.4 is 0 Å². The van der Waals surface area contributed by atoms with Crippen molar-refractivity contribution in [2.75, 3.05) is 6.61 Å². The number of ether oxygens (including phenoxy) is 3. The van der Waals surface area contributed by atoms with Gasteiger partial charge in [-0.15, -0.1) is 0 Å². The van der Waals surface area contributed by atoms with E-state index >= 15 is 0 Å². The first kappa shape index (κ1) is 33.2. The fraction of sp³-hybridized carbons (Fsp3) is 0.929. The van der Waals surface area contributed by atoms with Crippen molar-refractivity contribution in [3.8, 4) is 0 Å². The van der Waals surface area contributed by atoms with Crippen LogP contribution in [0.25, 0.3) is 0 Å². The van der Waals surface area contributed by atoms with Crippen LogP contribution in [-0.2, 0) is 19.0 Å². The molecule has 35 heavy (non-hydrogen) atoms. The van der Waals surface area contributed by atoms with Gasteiger partial charge in [-0.1, -0.05) is 20.8 Å². The summed E-state index contributed by atoms with van der Waals surface area (Å²) in [6.07, 6.45) is -38.6. The first-order valence-corrected chi connectivity index (χ1v) is 8.08. The van der Waals surface area contributed by atoms with Gasteiger partial charge in [-0.05, 0) is 5.41 Å². The van der Waals surface area contributed by atoms with Gasteiger partial charge in [0.1, 0.15) is 0 Å². The molecular formula is C14H11F17O4. The number of esters is 1. The predicted molar refractivity (Wildman–Crippen MR) is 73.3 cm³/mol. The van der Waals surface area contributed by atoms with Crippen molar-refractivity contribution in [1.29, 1.82) is 0 Å². The number of alkyl halides is 17. The highest BCUT2D eigenvalue weighted by Crippen LogP contribution is 2.56. The van der Waals surface area contributed by atoms with Crippen molar-refractivity contribution >= 4 is 5.97 Å². The molecule has 0 aromatic carbocycles. The van der Waals surface area contributed by atoms with E-state index in [1.165, 1.54) is 4.74 Å². The molecule has 0 N–H and O–H groups in total. The Kier molecular flexibility index (Phi) is 8.48. The van der Waals surface area contributed by atoms with Crippen molar-refractivity contribution in [3.63, 3.8) is 0 Å². The van der Waals surface area contributed by atoms with Gasteiger partial charge < -0.3 is 4.74 Å². The van der Waals surface area contributed by atoms with Crippen molar-refractivity contribution in [3.05, 3.63) is 0 Å². The zero-order valence-corrected chi connectivity index (χ0v) is 16.8. The Morgan fingerprint density at radius 1 is 0.571 bits per heavy atom. The number of carbonyl (C=O) groups excluding carboxylic acids is 1. The van der Waals surface area contributed by atoms with Crippen molar-refractivity contribution in [2.45, 2.75) is 69.1 Å². The highest BCUT2D eigenvalue weighted by molar-refractivity contribution is 5.79. The summed E-state index contributed by atoms with van der Waals surface area (Å²) >= 11 is 0. The molecule has 210 valence electrons. The first-order valence-electron chi connectivity index (χ1n) is 8.08. The lowest BCUT2D eigenvalue weighted by Crippen LogP contribution is -2.68. The highest BCUT2D eigenvalue weighted by atomic mass is 19.4. The van der Waals surface area contributed by atoms with Crippen molar-refractivity contribution in [1.82, 2.24) is 0 Å². The highest BCUT2D eigenvalue weighted by Gasteiger charge is 2.85. The van der Waals surface area contributed by atoms with Gasteiger partial charge in [0.15, 0.2) is 0 Å². The zero-order chi connectivity index (χ0) is 28.9. The molecule has 0 saturated heterocycles. The zero-order valence-electron chi connectivity index (χ0n) is 16.8. The van der Waals surface area contributed by atoms with Gasteiger partial charge in [0, 0.05) is 0 Å². The lowest BCUT2D eigenvalue weighted by molar-refractivity contribution is -0.548. The van der Waals surface area contributed by atoms with Crippen molar-refractivity contribution in [2.24, 2.45) is 5.41 Å². The molecule has 0 amide bonds. The third-order valence-corrected chi connectivity index (χ3v) is 3.26. The maximum atomic E-state index is 14.1. The molecule has 0 rings (SSSR count). The fourth-order valence-electron chi connectivity index (χ4n) is 1.52. The van der Waals surface area contributed by atoms with E-state index in [2.05, 4.69) is 4.74 Å². The van der Waals surface area contributed by atoms with Crippen LogP contribution >= 0.6 is 0 Å². The van der Waals surface area contributed by atoms with Crippen LogP contribution in [0.2, 0.25) is 0 Å². The molecule has 2 atom stereocenters. The second-order valence-corrected chi connectivity index (χ2v) is 7.63. The molecule has 0 heterocycles. The van der Waals surface area contributed by atoms with Gasteiger partial charge in [0.25, 0.3) is 0 Å². The Balaban J connectivity index is 6.69. The molecule has 0 spiro atoms. The van der Waals surface area contributed by atoms with Gasteiger partial charge >= 0.3 is 54.3 Å². The quantitative estimate of drug-likeness (QED) is 0.251. The molecule has 0 aliphatic rings. The van der Waals surface area contributed by atoms with Crippen LogP contribution in [0.3, 0.4) is 0 Å². The maximum absolute atomic E-state index is 14.1. The molecule has 0 fully saturated rings. The number of hydrogen-bond acceptors (Lipinski definition) is 4. The van der Waals surface area contributed by atoms with Gasteiger partial charge in [-0.3, -0.25) is 9.47 Å². The standard InChI is InChI=1S/C14H11F17O4/c1-6(2,3)4-33-5(32)7(15,10(19,20)21)34-14(30,31)9(18,12(25,26)27)35-13(28,29)8(16,17)11(22,23)24/h4H2,1-3H3/t7-,9+/m1/s1. The molecule has 21 heteroatoms. The van der Waals surface area contributed by atoms with Crippen LogP contribution in [0.1, 0.15) is 20.8 Å². The fourth-order valence-corrected chi connectivity index (χ4v) is 1.52. The lowest BCUT2D eigenvalue weighted by Gasteiger charge is -2.40. The average molecular weight is 566 g/mol. The molecule has 0 aliphatic carbocycles. The van der Waals surface area contributed by atoms with Crippen LogP contribution in [0.4, 0.5) is 74.6 Å². The van der Waals surface area contributed by atoms with Gasteiger partial charge in [0.05, 0.1) is 6.61 Å². The Hall–Kier alpha value is -1.80. The van der Waals surface area contributed by atoms with E-state index in [0.29, 0.717) is 0 Å². The summed E-state index contributed by atoms with van der Waals surface area (Å²) in [4.78, 5) is 11.4. The van der Waals surface area contributed by atoms with E-state index in [9.17, 15) is 79.4 Å². The average Bonchev–Trinajstić information content (AvgIpc) is 2.54. The van der Waals surface area contributed by atoms with Crippen molar-refractivity contribution < 1.29 is 93.6 Å². The molecular weight excluding hydrogens is 555 g/mol. The third kappa shape index (κ3) is 6.50. The van der Waals surface area contributed by atoms with E-state index < -0.39 is 66.4 Å². The Morgan fingerprint density at radius 3 is 1.26 bits per heavy atom. The normalized spacial score (nSPS) is 18.6. The van der Waals surface area contributed by atoms with Crippen LogP contribution in [0.15, 0.2) is 0 Å². The smallest absolute Gasteiger partial charge is 0.461 e. The number of hydrogen-bond donors (Lipinski definition) is 0. The first-order chi connectivity index (χ1) is 14.8. The SMILES string of the molecule is CC(C)(C)COC(=O)[C@@](F)(OC(F)(F)[C@@](F)(OC(F)(F)C(F)(F)C(F)(F)F)C(F)(F)F)C(F)(F)F.